The topological polar surface area (TPSA) is 35.6 Å². The van der Waals surface area contributed by atoms with Crippen LogP contribution in [0.3, 0.4) is 0 Å². The van der Waals surface area contributed by atoms with E-state index >= 15 is 0 Å². The summed E-state index contributed by atoms with van der Waals surface area (Å²) < 4.78 is 0. The summed E-state index contributed by atoms with van der Waals surface area (Å²) >= 11 is 5.95. The summed E-state index contributed by atoms with van der Waals surface area (Å²) in [6.07, 6.45) is 0. The molecule has 1 unspecified atom stereocenters. The van der Waals surface area contributed by atoms with Gasteiger partial charge < -0.3 is 10.2 Å². The number of hydrogen-bond acceptors (Lipinski definition) is 3. The molecule has 5 heteroatoms. The van der Waals surface area contributed by atoms with Crippen molar-refractivity contribution in [1.29, 1.82) is 0 Å². The number of carbonyl (C=O) groups excluding carboxylic acids is 1. The maximum absolute atomic E-state index is 12.4. The lowest BCUT2D eigenvalue weighted by atomic mass is 10.2. The van der Waals surface area contributed by atoms with Crippen molar-refractivity contribution in [2.75, 3.05) is 31.1 Å². The van der Waals surface area contributed by atoms with E-state index < -0.39 is 0 Å². The van der Waals surface area contributed by atoms with Gasteiger partial charge in [0.25, 0.3) is 0 Å². The summed E-state index contributed by atoms with van der Waals surface area (Å²) in [6, 6.07) is 17.8. The van der Waals surface area contributed by atoms with Gasteiger partial charge in [-0.1, -0.05) is 41.9 Å². The number of amides is 1. The van der Waals surface area contributed by atoms with Crippen LogP contribution in [0.1, 0.15) is 12.5 Å². The minimum Gasteiger partial charge on any atom is -0.369 e. The Balaban J connectivity index is 1.48. The zero-order chi connectivity index (χ0) is 17.6. The molecule has 1 atom stereocenters. The van der Waals surface area contributed by atoms with Crippen molar-refractivity contribution in [1.82, 2.24) is 10.2 Å². The average Bonchev–Trinajstić information content (AvgIpc) is 2.67. The fourth-order valence-corrected chi connectivity index (χ4v) is 3.24. The minimum absolute atomic E-state index is 0.0868. The Labute approximate surface area is 154 Å². The number of halogens is 1. The average molecular weight is 358 g/mol. The van der Waals surface area contributed by atoms with Gasteiger partial charge in [0.15, 0.2) is 0 Å². The molecule has 1 aliphatic heterocycles. The summed E-state index contributed by atoms with van der Waals surface area (Å²) in [4.78, 5) is 17.0. The highest BCUT2D eigenvalue weighted by molar-refractivity contribution is 6.30. The zero-order valence-corrected chi connectivity index (χ0v) is 15.2. The Bertz CT molecular complexity index is 682. The number of nitrogens with one attached hydrogen (secondary N) is 1. The normalized spacial score (nSPS) is 16.5. The Hall–Kier alpha value is -2.04. The van der Waals surface area contributed by atoms with Crippen molar-refractivity contribution in [3.8, 4) is 0 Å². The Kier molecular flexibility index (Phi) is 5.95. The third-order valence-electron chi connectivity index (χ3n) is 4.74. The first-order chi connectivity index (χ1) is 12.1. The van der Waals surface area contributed by atoms with Crippen LogP contribution in [0.5, 0.6) is 0 Å². The van der Waals surface area contributed by atoms with E-state index in [1.54, 1.807) is 0 Å². The summed E-state index contributed by atoms with van der Waals surface area (Å²) in [5, 5.41) is 3.79. The van der Waals surface area contributed by atoms with E-state index in [0.29, 0.717) is 6.54 Å². The molecule has 1 heterocycles. The van der Waals surface area contributed by atoms with E-state index in [1.807, 2.05) is 61.5 Å². The highest BCUT2D eigenvalue weighted by Gasteiger charge is 2.25. The second-order valence-corrected chi connectivity index (χ2v) is 6.82. The van der Waals surface area contributed by atoms with Gasteiger partial charge in [-0.05, 0) is 36.8 Å². The van der Waals surface area contributed by atoms with E-state index in [1.165, 1.54) is 5.69 Å². The third-order valence-corrected chi connectivity index (χ3v) is 4.99. The second-order valence-electron chi connectivity index (χ2n) is 6.38. The Morgan fingerprint density at radius 1 is 1.04 bits per heavy atom. The molecule has 0 radical (unpaired) electrons. The Morgan fingerprint density at radius 3 is 2.32 bits per heavy atom. The van der Waals surface area contributed by atoms with Gasteiger partial charge in [0.05, 0.1) is 6.04 Å². The maximum atomic E-state index is 12.4. The van der Waals surface area contributed by atoms with Gasteiger partial charge in [-0.25, -0.2) is 0 Å². The van der Waals surface area contributed by atoms with Crippen LogP contribution in [-0.4, -0.2) is 43.0 Å². The fraction of sp³-hybridized carbons (Fsp3) is 0.350. The molecular formula is C20H24ClN3O. The first-order valence-corrected chi connectivity index (χ1v) is 9.07. The first-order valence-electron chi connectivity index (χ1n) is 8.70. The molecule has 0 spiro atoms. The largest absolute Gasteiger partial charge is 0.369 e. The number of hydrogen-bond donors (Lipinski definition) is 1. The highest BCUT2D eigenvalue weighted by atomic mass is 35.5. The number of anilines is 1. The lowest BCUT2D eigenvalue weighted by Gasteiger charge is -2.38. The lowest BCUT2D eigenvalue weighted by Crippen LogP contribution is -2.53. The van der Waals surface area contributed by atoms with Crippen molar-refractivity contribution >= 4 is 23.2 Å². The molecule has 1 N–H and O–H groups in total. The summed E-state index contributed by atoms with van der Waals surface area (Å²) in [5.74, 6) is 0.0868. The molecule has 2 aromatic rings. The van der Waals surface area contributed by atoms with E-state index in [0.717, 1.165) is 36.8 Å². The molecule has 4 nitrogen and oxygen atoms in total. The van der Waals surface area contributed by atoms with Crippen LogP contribution in [0.4, 0.5) is 5.69 Å². The van der Waals surface area contributed by atoms with Crippen LogP contribution in [-0.2, 0) is 11.3 Å². The van der Waals surface area contributed by atoms with Gasteiger partial charge in [-0.15, -0.1) is 0 Å². The van der Waals surface area contributed by atoms with Gasteiger partial charge >= 0.3 is 0 Å². The predicted molar refractivity (Wildman–Crippen MR) is 103 cm³/mol. The molecule has 0 aliphatic carbocycles. The number of benzene rings is 2. The van der Waals surface area contributed by atoms with Crippen molar-refractivity contribution in [2.45, 2.75) is 19.5 Å². The summed E-state index contributed by atoms with van der Waals surface area (Å²) in [6.45, 7) is 6.15. The van der Waals surface area contributed by atoms with Crippen LogP contribution in [0.2, 0.25) is 5.02 Å². The SMILES string of the molecule is CC(C(=O)NCc1ccccc1)N1CCN(c2ccc(Cl)cc2)CC1. The van der Waals surface area contributed by atoms with Gasteiger partial charge in [-0.3, -0.25) is 9.69 Å². The van der Waals surface area contributed by atoms with Crippen molar-refractivity contribution in [3.63, 3.8) is 0 Å². The van der Waals surface area contributed by atoms with Gasteiger partial charge in [0.1, 0.15) is 0 Å². The van der Waals surface area contributed by atoms with Crippen LogP contribution in [0.25, 0.3) is 0 Å². The molecule has 132 valence electrons. The Morgan fingerprint density at radius 2 is 1.68 bits per heavy atom. The van der Waals surface area contributed by atoms with E-state index in [2.05, 4.69) is 15.1 Å². The molecule has 2 aromatic carbocycles. The molecular weight excluding hydrogens is 334 g/mol. The van der Waals surface area contributed by atoms with E-state index in [9.17, 15) is 4.79 Å². The monoisotopic (exact) mass is 357 g/mol. The summed E-state index contributed by atoms with van der Waals surface area (Å²) in [7, 11) is 0. The molecule has 1 fully saturated rings. The number of piperazine rings is 1. The molecule has 1 aliphatic rings. The zero-order valence-electron chi connectivity index (χ0n) is 14.5. The molecule has 1 saturated heterocycles. The molecule has 1 amide bonds. The fourth-order valence-electron chi connectivity index (χ4n) is 3.12. The summed E-state index contributed by atoms with van der Waals surface area (Å²) in [5.41, 5.74) is 2.31. The smallest absolute Gasteiger partial charge is 0.237 e. The first kappa shape index (κ1) is 17.8. The second kappa shape index (κ2) is 8.37. The van der Waals surface area contributed by atoms with Crippen molar-refractivity contribution in [2.24, 2.45) is 0 Å². The number of carbonyl (C=O) groups is 1. The lowest BCUT2D eigenvalue weighted by molar-refractivity contribution is -0.126. The van der Waals surface area contributed by atoms with Crippen LogP contribution in [0, 0.1) is 0 Å². The minimum atomic E-state index is -0.115. The van der Waals surface area contributed by atoms with Crippen LogP contribution in [0.15, 0.2) is 54.6 Å². The number of nitrogens with zero attached hydrogens (tertiary/aromatic N) is 2. The van der Waals surface area contributed by atoms with Crippen molar-refractivity contribution < 1.29 is 4.79 Å². The molecule has 0 aromatic heterocycles. The molecule has 0 bridgehead atoms. The highest BCUT2D eigenvalue weighted by Crippen LogP contribution is 2.20. The van der Waals surface area contributed by atoms with Crippen LogP contribution >= 0.6 is 11.6 Å². The quantitative estimate of drug-likeness (QED) is 0.892. The molecule has 3 rings (SSSR count). The van der Waals surface area contributed by atoms with E-state index in [-0.39, 0.29) is 11.9 Å². The van der Waals surface area contributed by atoms with Gasteiger partial charge in [0, 0.05) is 43.4 Å². The standard InChI is InChI=1S/C20H24ClN3O/c1-16(20(25)22-15-17-5-3-2-4-6-17)23-11-13-24(14-12-23)19-9-7-18(21)8-10-19/h2-10,16H,11-15H2,1H3,(H,22,25). The van der Waals surface area contributed by atoms with Gasteiger partial charge in [0.2, 0.25) is 5.91 Å². The molecule has 25 heavy (non-hydrogen) atoms. The van der Waals surface area contributed by atoms with Gasteiger partial charge in [-0.2, -0.15) is 0 Å². The molecule has 0 saturated carbocycles. The third kappa shape index (κ3) is 4.74. The number of rotatable bonds is 5. The predicted octanol–water partition coefficient (Wildman–Crippen LogP) is 3.17. The maximum Gasteiger partial charge on any atom is 0.237 e. The van der Waals surface area contributed by atoms with Crippen molar-refractivity contribution in [3.05, 3.63) is 65.2 Å². The van der Waals surface area contributed by atoms with Crippen LogP contribution < -0.4 is 10.2 Å². The van der Waals surface area contributed by atoms with E-state index in [4.69, 9.17) is 11.6 Å².